The topological polar surface area (TPSA) is 43.6 Å². The largest absolute Gasteiger partial charge is 0.309 e. The molecule has 0 amide bonds. The fourth-order valence-corrected chi connectivity index (χ4v) is 12.5. The van der Waals surface area contributed by atoms with Gasteiger partial charge in [-0.25, -0.2) is 15.0 Å². The first-order valence-electron chi connectivity index (χ1n) is 21.4. The molecule has 59 heavy (non-hydrogen) atoms. The fraction of sp³-hybridized carbons (Fsp3) is 0.182. The number of hydrogen-bond acceptors (Lipinski definition) is 3. The van der Waals surface area contributed by atoms with E-state index < -0.39 is 0 Å². The van der Waals surface area contributed by atoms with Gasteiger partial charge in [-0.1, -0.05) is 133 Å². The predicted molar refractivity (Wildman–Crippen MR) is 239 cm³/mol. The number of aromatic nitrogens is 4. The summed E-state index contributed by atoms with van der Waals surface area (Å²) in [5.74, 6) is 5.40. The lowest BCUT2D eigenvalue weighted by Gasteiger charge is -2.61. The number of nitrogens with zero attached hydrogens (tertiary/aromatic N) is 4. The van der Waals surface area contributed by atoms with Gasteiger partial charge < -0.3 is 4.57 Å². The van der Waals surface area contributed by atoms with E-state index in [4.69, 9.17) is 15.0 Å². The molecular weight excluding hydrogens is 717 g/mol. The zero-order chi connectivity index (χ0) is 38.7. The van der Waals surface area contributed by atoms with Crippen molar-refractivity contribution in [2.75, 3.05) is 0 Å². The molecule has 5 aliphatic carbocycles. The summed E-state index contributed by atoms with van der Waals surface area (Å²) in [6, 6.07) is 61.7. The molecule has 2 aromatic heterocycles. The van der Waals surface area contributed by atoms with E-state index in [-0.39, 0.29) is 5.41 Å². The third-order valence-electron chi connectivity index (χ3n) is 14.6. The maximum atomic E-state index is 5.24. The molecule has 4 saturated carbocycles. The first-order valence-corrected chi connectivity index (χ1v) is 21.4. The van der Waals surface area contributed by atoms with Gasteiger partial charge in [-0.15, -0.1) is 0 Å². The van der Waals surface area contributed by atoms with Crippen LogP contribution in [0.15, 0.2) is 170 Å². The van der Waals surface area contributed by atoms with Crippen LogP contribution in [0, 0.1) is 23.7 Å². The lowest BCUT2D eigenvalue weighted by Crippen LogP contribution is -2.55. The molecule has 7 aromatic carbocycles. The van der Waals surface area contributed by atoms with Crippen molar-refractivity contribution in [3.8, 4) is 62.1 Å². The van der Waals surface area contributed by atoms with Crippen molar-refractivity contribution in [1.82, 2.24) is 19.5 Å². The number of rotatable bonds is 5. The molecule has 0 N–H and O–H groups in total. The number of para-hydroxylation sites is 2. The lowest BCUT2D eigenvalue weighted by molar-refractivity contribution is -0.0399. The van der Waals surface area contributed by atoms with Gasteiger partial charge in [-0.2, -0.15) is 0 Å². The molecule has 9 aromatic rings. The highest BCUT2D eigenvalue weighted by Crippen LogP contribution is 2.69. The molecule has 0 radical (unpaired) electrons. The van der Waals surface area contributed by atoms with Gasteiger partial charge >= 0.3 is 0 Å². The Bertz CT molecular complexity index is 3080. The maximum Gasteiger partial charge on any atom is 0.164 e. The van der Waals surface area contributed by atoms with E-state index in [0.29, 0.717) is 17.5 Å². The predicted octanol–water partition coefficient (Wildman–Crippen LogP) is 13.4. The van der Waals surface area contributed by atoms with E-state index in [1.807, 2.05) is 6.07 Å². The Kier molecular flexibility index (Phi) is 7.16. The Morgan fingerprint density at radius 2 is 0.932 bits per heavy atom. The Balaban J connectivity index is 0.903. The number of hydrogen-bond donors (Lipinski definition) is 0. The monoisotopic (exact) mass is 758 g/mol. The quantitative estimate of drug-likeness (QED) is 0.176. The van der Waals surface area contributed by atoms with Crippen LogP contribution in [0.3, 0.4) is 0 Å². The lowest BCUT2D eigenvalue weighted by atomic mass is 9.43. The molecule has 2 heterocycles. The fourth-order valence-electron chi connectivity index (χ4n) is 12.5. The molecule has 5 aliphatic rings. The van der Waals surface area contributed by atoms with Gasteiger partial charge in [0.25, 0.3) is 0 Å². The minimum Gasteiger partial charge on any atom is -0.309 e. The zero-order valence-electron chi connectivity index (χ0n) is 32.8. The second kappa shape index (κ2) is 12.7. The molecule has 4 bridgehead atoms. The second-order valence-electron chi connectivity index (χ2n) is 17.6. The van der Waals surface area contributed by atoms with E-state index in [1.165, 1.54) is 76.3 Å². The van der Waals surface area contributed by atoms with Crippen molar-refractivity contribution >= 4 is 21.8 Å². The third kappa shape index (κ3) is 4.93. The zero-order valence-corrected chi connectivity index (χ0v) is 32.8. The molecule has 4 heteroatoms. The Hall–Kier alpha value is -6.65. The van der Waals surface area contributed by atoms with Crippen LogP contribution in [0.1, 0.15) is 43.2 Å². The third-order valence-corrected chi connectivity index (χ3v) is 14.6. The average Bonchev–Trinajstić information content (AvgIpc) is 3.78. The van der Waals surface area contributed by atoms with Crippen LogP contribution in [0.2, 0.25) is 0 Å². The Morgan fingerprint density at radius 3 is 1.68 bits per heavy atom. The van der Waals surface area contributed by atoms with Crippen LogP contribution < -0.4 is 0 Å². The highest BCUT2D eigenvalue weighted by atomic mass is 15.0. The molecular formula is C55H42N4. The molecule has 0 saturated heterocycles. The molecule has 0 unspecified atom stereocenters. The highest BCUT2D eigenvalue weighted by molar-refractivity contribution is 6.10. The van der Waals surface area contributed by atoms with Crippen LogP contribution in [0.25, 0.3) is 83.9 Å². The summed E-state index contributed by atoms with van der Waals surface area (Å²) < 4.78 is 2.36. The summed E-state index contributed by atoms with van der Waals surface area (Å²) >= 11 is 0. The Morgan fingerprint density at radius 1 is 0.390 bits per heavy atom. The normalized spacial score (nSPS) is 22.3. The van der Waals surface area contributed by atoms with Gasteiger partial charge in [0, 0.05) is 38.6 Å². The van der Waals surface area contributed by atoms with Crippen LogP contribution in [-0.2, 0) is 5.41 Å². The van der Waals surface area contributed by atoms with Crippen LogP contribution in [0.4, 0.5) is 0 Å². The number of benzene rings is 7. The van der Waals surface area contributed by atoms with E-state index >= 15 is 0 Å². The van der Waals surface area contributed by atoms with Crippen molar-refractivity contribution in [3.63, 3.8) is 0 Å². The summed E-state index contributed by atoms with van der Waals surface area (Å²) in [6.07, 6.45) is 6.98. The maximum absolute atomic E-state index is 5.24. The van der Waals surface area contributed by atoms with Gasteiger partial charge in [0.15, 0.2) is 17.5 Å². The van der Waals surface area contributed by atoms with E-state index in [1.54, 1.807) is 11.1 Å². The van der Waals surface area contributed by atoms with Gasteiger partial charge in [0.1, 0.15) is 0 Å². The molecule has 0 aliphatic heterocycles. The van der Waals surface area contributed by atoms with Crippen molar-refractivity contribution in [2.24, 2.45) is 23.7 Å². The van der Waals surface area contributed by atoms with Gasteiger partial charge in [0.05, 0.1) is 11.0 Å². The molecule has 282 valence electrons. The first-order chi connectivity index (χ1) is 29.2. The van der Waals surface area contributed by atoms with Gasteiger partial charge in [0.2, 0.25) is 0 Å². The number of fused-ring (bicyclic) bond motifs is 6. The molecule has 0 atom stereocenters. The van der Waals surface area contributed by atoms with Gasteiger partial charge in [-0.05, 0) is 126 Å². The van der Waals surface area contributed by atoms with E-state index in [9.17, 15) is 0 Å². The molecule has 4 nitrogen and oxygen atoms in total. The summed E-state index contributed by atoms with van der Waals surface area (Å²) in [5.41, 5.74) is 14.9. The van der Waals surface area contributed by atoms with Crippen molar-refractivity contribution in [2.45, 2.75) is 37.5 Å². The van der Waals surface area contributed by atoms with Crippen LogP contribution in [0.5, 0.6) is 0 Å². The first kappa shape index (κ1) is 33.3. The van der Waals surface area contributed by atoms with Crippen molar-refractivity contribution < 1.29 is 0 Å². The van der Waals surface area contributed by atoms with Crippen molar-refractivity contribution in [1.29, 1.82) is 0 Å². The Labute approximate surface area is 344 Å². The van der Waals surface area contributed by atoms with Gasteiger partial charge in [-0.3, -0.25) is 0 Å². The van der Waals surface area contributed by atoms with Crippen molar-refractivity contribution in [3.05, 3.63) is 181 Å². The standard InChI is InChI=1S/C55H42N4/c1-3-11-37(12-4-1)52-56-53(38-21-19-36(20-22-38)39-24-26-51-47(32-39)45-16-8-10-18-50(45)59(51)43-13-5-2-6-14-43)58-54(57-52)40-23-25-49-46(33-40)44-15-7-9-17-48(44)55(49)41-28-34-27-35(30-41)31-42(55)29-34/h1-26,32-35,41-42H,27-31H2. The SMILES string of the molecule is c1ccc(-c2nc(-c3ccc(-c4ccc5c(c4)c4ccccc4n5-c4ccccc4)cc3)nc(-c3ccc4c(c3)-c3ccccc3C43C4CC5CC(C4)CC3C5)n2)cc1. The van der Waals surface area contributed by atoms with E-state index in [0.717, 1.165) is 45.9 Å². The summed E-state index contributed by atoms with van der Waals surface area (Å²) in [5, 5.41) is 2.49. The molecule has 1 spiro atoms. The highest BCUT2D eigenvalue weighted by Gasteiger charge is 2.61. The van der Waals surface area contributed by atoms with Crippen LogP contribution in [-0.4, -0.2) is 19.5 Å². The minimum absolute atomic E-state index is 0.141. The summed E-state index contributed by atoms with van der Waals surface area (Å²) in [4.78, 5) is 15.5. The average molecular weight is 759 g/mol. The molecule has 14 rings (SSSR count). The minimum atomic E-state index is 0.141. The summed E-state index contributed by atoms with van der Waals surface area (Å²) in [6.45, 7) is 0. The van der Waals surface area contributed by atoms with Crippen LogP contribution >= 0.6 is 0 Å². The summed E-state index contributed by atoms with van der Waals surface area (Å²) in [7, 11) is 0. The second-order valence-corrected chi connectivity index (χ2v) is 17.6. The molecule has 4 fully saturated rings. The smallest absolute Gasteiger partial charge is 0.164 e. The van der Waals surface area contributed by atoms with E-state index in [2.05, 4.69) is 168 Å².